The highest BCUT2D eigenvalue weighted by Crippen LogP contribution is 2.16. The Morgan fingerprint density at radius 3 is 2.29 bits per heavy atom. The van der Waals surface area contributed by atoms with Gasteiger partial charge in [0.05, 0.1) is 11.3 Å². The van der Waals surface area contributed by atoms with Crippen LogP contribution in [0.4, 0.5) is 5.69 Å². The maximum atomic E-state index is 12.6. The number of amides is 2. The molecule has 0 saturated heterocycles. The molecule has 4 aromatic rings. The molecule has 0 bridgehead atoms. The third-order valence-electron chi connectivity index (χ3n) is 4.51. The topological polar surface area (TPSA) is 102 Å². The lowest BCUT2D eigenvalue weighted by Gasteiger charge is -2.11. The number of tetrazole rings is 1. The first-order valence-corrected chi connectivity index (χ1v) is 9.73. The van der Waals surface area contributed by atoms with E-state index in [-0.39, 0.29) is 18.4 Å². The minimum atomic E-state index is -0.361. The Morgan fingerprint density at radius 2 is 1.52 bits per heavy atom. The lowest BCUT2D eigenvalue weighted by atomic mass is 10.1. The Kier molecular flexibility index (Phi) is 6.08. The molecule has 3 aromatic carbocycles. The second-order valence-corrected chi connectivity index (χ2v) is 6.77. The highest BCUT2D eigenvalue weighted by Gasteiger charge is 2.14. The predicted molar refractivity (Wildman–Crippen MR) is 116 cm³/mol. The van der Waals surface area contributed by atoms with Crippen molar-refractivity contribution in [3.8, 4) is 11.4 Å². The van der Waals surface area contributed by atoms with E-state index in [1.165, 1.54) is 4.80 Å². The minimum absolute atomic E-state index is 0.125. The highest BCUT2D eigenvalue weighted by molar-refractivity contribution is 6.03. The van der Waals surface area contributed by atoms with E-state index in [4.69, 9.17) is 0 Å². The number of para-hydroxylation sites is 1. The first-order valence-electron chi connectivity index (χ1n) is 9.73. The van der Waals surface area contributed by atoms with Gasteiger partial charge in [-0.15, -0.1) is 10.2 Å². The molecule has 1 aromatic heterocycles. The SMILES string of the molecule is O=C(Cn1nnc(-c2ccccc2)n1)Nc1ccccc1C(=O)NCc1ccccc1. The summed E-state index contributed by atoms with van der Waals surface area (Å²) < 4.78 is 0. The van der Waals surface area contributed by atoms with Crippen molar-refractivity contribution in [1.82, 2.24) is 25.5 Å². The maximum absolute atomic E-state index is 12.6. The van der Waals surface area contributed by atoms with Crippen LogP contribution in [-0.2, 0) is 17.9 Å². The van der Waals surface area contributed by atoms with Crippen LogP contribution in [0.1, 0.15) is 15.9 Å². The monoisotopic (exact) mass is 412 g/mol. The number of anilines is 1. The molecule has 8 nitrogen and oxygen atoms in total. The molecule has 2 N–H and O–H groups in total. The number of carbonyl (C=O) groups is 2. The zero-order chi connectivity index (χ0) is 21.5. The van der Waals surface area contributed by atoms with Gasteiger partial charge in [-0.25, -0.2) is 0 Å². The van der Waals surface area contributed by atoms with E-state index >= 15 is 0 Å². The lowest BCUT2D eigenvalue weighted by molar-refractivity contribution is -0.117. The molecular formula is C23H20N6O2. The molecule has 154 valence electrons. The normalized spacial score (nSPS) is 10.5. The van der Waals surface area contributed by atoms with Gasteiger partial charge in [0.25, 0.3) is 5.91 Å². The van der Waals surface area contributed by atoms with Gasteiger partial charge in [0.2, 0.25) is 11.7 Å². The van der Waals surface area contributed by atoms with E-state index in [0.29, 0.717) is 23.6 Å². The highest BCUT2D eigenvalue weighted by atomic mass is 16.2. The van der Waals surface area contributed by atoms with Crippen LogP contribution in [0.25, 0.3) is 11.4 Å². The third-order valence-corrected chi connectivity index (χ3v) is 4.51. The van der Waals surface area contributed by atoms with Crippen molar-refractivity contribution in [2.24, 2.45) is 0 Å². The van der Waals surface area contributed by atoms with Gasteiger partial charge in [0.15, 0.2) is 0 Å². The number of benzene rings is 3. The second-order valence-electron chi connectivity index (χ2n) is 6.77. The number of aromatic nitrogens is 4. The molecule has 2 amide bonds. The minimum Gasteiger partial charge on any atom is -0.348 e. The molecule has 4 rings (SSSR count). The Morgan fingerprint density at radius 1 is 0.839 bits per heavy atom. The van der Waals surface area contributed by atoms with Gasteiger partial charge in [-0.1, -0.05) is 72.8 Å². The van der Waals surface area contributed by atoms with Crippen molar-refractivity contribution in [1.29, 1.82) is 0 Å². The second kappa shape index (κ2) is 9.45. The van der Waals surface area contributed by atoms with E-state index < -0.39 is 0 Å². The first kappa shape index (κ1) is 20.0. The van der Waals surface area contributed by atoms with Crippen LogP contribution in [0.2, 0.25) is 0 Å². The summed E-state index contributed by atoms with van der Waals surface area (Å²) in [5.41, 5.74) is 2.60. The van der Waals surface area contributed by atoms with Gasteiger partial charge in [-0.3, -0.25) is 9.59 Å². The lowest BCUT2D eigenvalue weighted by Crippen LogP contribution is -2.26. The molecule has 0 saturated carbocycles. The summed E-state index contributed by atoms with van der Waals surface area (Å²) in [6.07, 6.45) is 0. The molecule has 0 unspecified atom stereocenters. The van der Waals surface area contributed by atoms with E-state index in [9.17, 15) is 9.59 Å². The van der Waals surface area contributed by atoms with E-state index in [0.717, 1.165) is 11.1 Å². The van der Waals surface area contributed by atoms with Crippen LogP contribution in [0.3, 0.4) is 0 Å². The van der Waals surface area contributed by atoms with E-state index in [2.05, 4.69) is 26.0 Å². The molecule has 0 aliphatic heterocycles. The molecule has 0 fully saturated rings. The molecule has 1 heterocycles. The molecular weight excluding hydrogens is 392 g/mol. The summed E-state index contributed by atoms with van der Waals surface area (Å²) in [6, 6.07) is 25.8. The van der Waals surface area contributed by atoms with Crippen molar-refractivity contribution in [2.75, 3.05) is 5.32 Å². The number of hydrogen-bond acceptors (Lipinski definition) is 5. The van der Waals surface area contributed by atoms with Crippen molar-refractivity contribution in [3.05, 3.63) is 96.1 Å². The number of nitrogens with zero attached hydrogens (tertiary/aromatic N) is 4. The standard InChI is InChI=1S/C23H20N6O2/c30-21(16-29-27-22(26-28-29)18-11-5-2-6-12-18)25-20-14-8-7-13-19(20)23(31)24-15-17-9-3-1-4-10-17/h1-14H,15-16H2,(H,24,31)(H,25,30). The zero-order valence-electron chi connectivity index (χ0n) is 16.6. The maximum Gasteiger partial charge on any atom is 0.253 e. The van der Waals surface area contributed by atoms with Crippen molar-refractivity contribution >= 4 is 17.5 Å². The Balaban J connectivity index is 1.40. The number of rotatable bonds is 7. The van der Waals surface area contributed by atoms with Gasteiger partial charge in [0, 0.05) is 12.1 Å². The molecule has 31 heavy (non-hydrogen) atoms. The van der Waals surface area contributed by atoms with Crippen molar-refractivity contribution < 1.29 is 9.59 Å². The molecule has 8 heteroatoms. The summed E-state index contributed by atoms with van der Waals surface area (Å²) in [7, 11) is 0. The fourth-order valence-corrected chi connectivity index (χ4v) is 2.99. The van der Waals surface area contributed by atoms with E-state index in [1.807, 2.05) is 60.7 Å². The van der Waals surface area contributed by atoms with E-state index in [1.54, 1.807) is 24.3 Å². The van der Waals surface area contributed by atoms with Crippen LogP contribution in [0, 0.1) is 0 Å². The van der Waals surface area contributed by atoms with Crippen LogP contribution in [0.15, 0.2) is 84.9 Å². The smallest absolute Gasteiger partial charge is 0.253 e. The van der Waals surface area contributed by atoms with Gasteiger partial charge in [-0.05, 0) is 22.9 Å². The number of nitrogens with one attached hydrogen (secondary N) is 2. The summed E-state index contributed by atoms with van der Waals surface area (Å²) in [5.74, 6) is -0.195. The largest absolute Gasteiger partial charge is 0.348 e. The van der Waals surface area contributed by atoms with Crippen LogP contribution in [0.5, 0.6) is 0 Å². The summed E-state index contributed by atoms with van der Waals surface area (Å²) in [6.45, 7) is 0.271. The van der Waals surface area contributed by atoms with Gasteiger partial charge >= 0.3 is 0 Å². The molecule has 0 aliphatic carbocycles. The van der Waals surface area contributed by atoms with Crippen molar-refractivity contribution in [2.45, 2.75) is 13.1 Å². The Hall–Kier alpha value is -4.33. The molecule has 0 spiro atoms. The van der Waals surface area contributed by atoms with Gasteiger partial charge in [0.1, 0.15) is 6.54 Å². The first-order chi connectivity index (χ1) is 15.2. The summed E-state index contributed by atoms with van der Waals surface area (Å²) in [4.78, 5) is 26.4. The molecule has 0 atom stereocenters. The van der Waals surface area contributed by atoms with Crippen LogP contribution >= 0.6 is 0 Å². The average molecular weight is 412 g/mol. The molecule has 0 aliphatic rings. The summed E-state index contributed by atoms with van der Waals surface area (Å²) in [5, 5.41) is 17.8. The number of hydrogen-bond donors (Lipinski definition) is 2. The quantitative estimate of drug-likeness (QED) is 0.486. The fraction of sp³-hybridized carbons (Fsp3) is 0.0870. The predicted octanol–water partition coefficient (Wildman–Crippen LogP) is 2.91. The third kappa shape index (κ3) is 5.18. The zero-order valence-corrected chi connectivity index (χ0v) is 16.6. The van der Waals surface area contributed by atoms with Gasteiger partial charge in [-0.2, -0.15) is 4.80 Å². The van der Waals surface area contributed by atoms with Crippen LogP contribution < -0.4 is 10.6 Å². The van der Waals surface area contributed by atoms with Crippen LogP contribution in [-0.4, -0.2) is 32.0 Å². The Labute approximate surface area is 178 Å². The number of carbonyl (C=O) groups excluding carboxylic acids is 2. The Bertz CT molecular complexity index is 1170. The average Bonchev–Trinajstić information content (AvgIpc) is 3.27. The summed E-state index contributed by atoms with van der Waals surface area (Å²) >= 11 is 0. The van der Waals surface area contributed by atoms with Gasteiger partial charge < -0.3 is 10.6 Å². The molecule has 0 radical (unpaired) electrons. The fourth-order valence-electron chi connectivity index (χ4n) is 2.99. The van der Waals surface area contributed by atoms with Crippen molar-refractivity contribution in [3.63, 3.8) is 0 Å².